The number of hydrogen-bond donors (Lipinski definition) is 1. The molecule has 0 bridgehead atoms. The van der Waals surface area contributed by atoms with E-state index in [0.717, 1.165) is 5.56 Å². The molecule has 2 aromatic carbocycles. The Balaban J connectivity index is 1.83. The minimum absolute atomic E-state index is 0.0927. The zero-order valence-electron chi connectivity index (χ0n) is 12.6. The van der Waals surface area contributed by atoms with E-state index >= 15 is 0 Å². The molecule has 0 fully saturated rings. The molecule has 3 aromatic rings. The van der Waals surface area contributed by atoms with Crippen molar-refractivity contribution in [1.29, 1.82) is 0 Å². The Hall–Kier alpha value is -3.13. The number of benzene rings is 2. The summed E-state index contributed by atoms with van der Waals surface area (Å²) < 4.78 is 0. The van der Waals surface area contributed by atoms with Crippen LogP contribution in [0.1, 0.15) is 15.9 Å². The largest absolute Gasteiger partial charge is 0.296 e. The van der Waals surface area contributed by atoms with Crippen molar-refractivity contribution in [3.05, 3.63) is 69.8 Å². The molecule has 7 nitrogen and oxygen atoms in total. The van der Waals surface area contributed by atoms with Gasteiger partial charge in [-0.3, -0.25) is 20.2 Å². The van der Waals surface area contributed by atoms with E-state index in [1.54, 1.807) is 6.92 Å². The minimum atomic E-state index is -0.509. The number of amides is 1. The van der Waals surface area contributed by atoms with Gasteiger partial charge in [-0.15, -0.1) is 10.2 Å². The second-order valence-electron chi connectivity index (χ2n) is 4.94. The number of nitrogens with one attached hydrogen (secondary N) is 1. The zero-order valence-corrected chi connectivity index (χ0v) is 13.4. The second kappa shape index (κ2) is 6.55. The molecule has 1 amide bonds. The molecule has 0 aliphatic heterocycles. The van der Waals surface area contributed by atoms with Gasteiger partial charge < -0.3 is 0 Å². The van der Waals surface area contributed by atoms with Gasteiger partial charge in [0.25, 0.3) is 11.6 Å². The molecule has 0 saturated carbocycles. The molecule has 120 valence electrons. The third kappa shape index (κ3) is 3.13. The maximum absolute atomic E-state index is 12.4. The van der Waals surface area contributed by atoms with Crippen molar-refractivity contribution in [2.75, 3.05) is 5.32 Å². The fraction of sp³-hybridized carbons (Fsp3) is 0.0625. The lowest BCUT2D eigenvalue weighted by molar-refractivity contribution is -0.385. The van der Waals surface area contributed by atoms with Crippen LogP contribution in [-0.4, -0.2) is 21.0 Å². The lowest BCUT2D eigenvalue weighted by atomic mass is 10.1. The molecule has 1 N–H and O–H groups in total. The van der Waals surface area contributed by atoms with Crippen LogP contribution in [0.2, 0.25) is 0 Å². The van der Waals surface area contributed by atoms with Crippen LogP contribution in [0.4, 0.5) is 10.8 Å². The fourth-order valence-electron chi connectivity index (χ4n) is 2.20. The summed E-state index contributed by atoms with van der Waals surface area (Å²) >= 11 is 1.24. The number of hydrogen-bond acceptors (Lipinski definition) is 6. The Labute approximate surface area is 141 Å². The van der Waals surface area contributed by atoms with Crippen LogP contribution in [0, 0.1) is 17.0 Å². The van der Waals surface area contributed by atoms with Gasteiger partial charge in [0.2, 0.25) is 5.13 Å². The predicted octanol–water partition coefficient (Wildman–Crippen LogP) is 3.67. The first kappa shape index (κ1) is 15.8. The molecule has 0 atom stereocenters. The molecule has 3 rings (SSSR count). The highest BCUT2D eigenvalue weighted by molar-refractivity contribution is 7.18. The van der Waals surface area contributed by atoms with Crippen LogP contribution in [0.5, 0.6) is 0 Å². The maximum Gasteiger partial charge on any atom is 0.273 e. The average Bonchev–Trinajstić information content (AvgIpc) is 3.04. The number of anilines is 1. The quantitative estimate of drug-likeness (QED) is 0.577. The van der Waals surface area contributed by atoms with Gasteiger partial charge in [-0.1, -0.05) is 47.7 Å². The molecule has 8 heteroatoms. The molecule has 0 saturated heterocycles. The van der Waals surface area contributed by atoms with Crippen LogP contribution in [-0.2, 0) is 0 Å². The topological polar surface area (TPSA) is 98.0 Å². The van der Waals surface area contributed by atoms with Gasteiger partial charge in [0, 0.05) is 22.8 Å². The summed E-state index contributed by atoms with van der Waals surface area (Å²) in [6.45, 7) is 1.54. The molecular formula is C16H12N4O3S. The summed E-state index contributed by atoms with van der Waals surface area (Å²) in [5, 5.41) is 22.6. The molecule has 1 aromatic heterocycles. The van der Waals surface area contributed by atoms with E-state index in [0.29, 0.717) is 15.7 Å². The second-order valence-corrected chi connectivity index (χ2v) is 5.92. The normalized spacial score (nSPS) is 10.4. The van der Waals surface area contributed by atoms with E-state index in [1.165, 1.54) is 29.5 Å². The van der Waals surface area contributed by atoms with E-state index < -0.39 is 10.8 Å². The number of nitro groups is 1. The molecule has 0 spiro atoms. The molecule has 0 aliphatic carbocycles. The molecule has 0 unspecified atom stereocenters. The number of nitro benzene ring substituents is 1. The monoisotopic (exact) mass is 340 g/mol. The van der Waals surface area contributed by atoms with Crippen LogP contribution in [0.15, 0.2) is 48.5 Å². The van der Waals surface area contributed by atoms with Crippen molar-refractivity contribution in [3.63, 3.8) is 0 Å². The summed E-state index contributed by atoms with van der Waals surface area (Å²) in [5.74, 6) is -0.452. The van der Waals surface area contributed by atoms with E-state index in [1.807, 2.05) is 30.3 Å². The third-order valence-electron chi connectivity index (χ3n) is 3.41. The average molecular weight is 340 g/mol. The minimum Gasteiger partial charge on any atom is -0.296 e. The Kier molecular flexibility index (Phi) is 4.30. The van der Waals surface area contributed by atoms with E-state index in [4.69, 9.17) is 0 Å². The van der Waals surface area contributed by atoms with Crippen LogP contribution >= 0.6 is 11.3 Å². The van der Waals surface area contributed by atoms with Crippen molar-refractivity contribution in [2.24, 2.45) is 0 Å². The van der Waals surface area contributed by atoms with Gasteiger partial charge in [-0.2, -0.15) is 0 Å². The SMILES string of the molecule is Cc1c(C(=O)Nc2nnc(-c3ccccc3)s2)cccc1[N+](=O)[O-]. The molecule has 1 heterocycles. The summed E-state index contributed by atoms with van der Waals surface area (Å²) in [7, 11) is 0. The van der Waals surface area contributed by atoms with Crippen molar-refractivity contribution >= 4 is 28.1 Å². The summed E-state index contributed by atoms with van der Waals surface area (Å²) in [6.07, 6.45) is 0. The highest BCUT2D eigenvalue weighted by Gasteiger charge is 2.19. The Morgan fingerprint density at radius 3 is 2.58 bits per heavy atom. The Bertz CT molecular complexity index is 909. The van der Waals surface area contributed by atoms with Crippen molar-refractivity contribution in [2.45, 2.75) is 6.92 Å². The van der Waals surface area contributed by atoms with Crippen molar-refractivity contribution < 1.29 is 9.72 Å². The molecule has 0 aliphatic rings. The lowest BCUT2D eigenvalue weighted by Gasteiger charge is -2.05. The van der Waals surface area contributed by atoms with E-state index in [-0.39, 0.29) is 11.3 Å². The number of nitrogens with zero attached hydrogens (tertiary/aromatic N) is 3. The first-order chi connectivity index (χ1) is 11.6. The Morgan fingerprint density at radius 2 is 1.88 bits per heavy atom. The Morgan fingerprint density at radius 1 is 1.12 bits per heavy atom. The predicted molar refractivity (Wildman–Crippen MR) is 91.1 cm³/mol. The first-order valence-electron chi connectivity index (χ1n) is 7.00. The van der Waals surface area contributed by atoms with Gasteiger partial charge >= 0.3 is 0 Å². The summed E-state index contributed by atoms with van der Waals surface area (Å²) in [5.41, 5.74) is 1.36. The van der Waals surface area contributed by atoms with E-state index in [9.17, 15) is 14.9 Å². The third-order valence-corrected chi connectivity index (χ3v) is 4.30. The van der Waals surface area contributed by atoms with Crippen LogP contribution in [0.3, 0.4) is 0 Å². The number of aromatic nitrogens is 2. The maximum atomic E-state index is 12.4. The summed E-state index contributed by atoms with van der Waals surface area (Å²) in [6, 6.07) is 13.9. The zero-order chi connectivity index (χ0) is 17.1. The highest BCUT2D eigenvalue weighted by Crippen LogP contribution is 2.27. The first-order valence-corrected chi connectivity index (χ1v) is 7.82. The lowest BCUT2D eigenvalue weighted by Crippen LogP contribution is -2.14. The van der Waals surface area contributed by atoms with Gasteiger partial charge in [0.15, 0.2) is 0 Å². The standard InChI is InChI=1S/C16H12N4O3S/c1-10-12(8-5-9-13(10)20(22)23)14(21)17-16-19-18-15(24-16)11-6-3-2-4-7-11/h2-9H,1H3,(H,17,19,21). The van der Waals surface area contributed by atoms with E-state index in [2.05, 4.69) is 15.5 Å². The number of rotatable bonds is 4. The smallest absolute Gasteiger partial charge is 0.273 e. The van der Waals surface area contributed by atoms with Gasteiger partial charge in [-0.05, 0) is 13.0 Å². The van der Waals surface area contributed by atoms with Crippen molar-refractivity contribution in [1.82, 2.24) is 10.2 Å². The highest BCUT2D eigenvalue weighted by atomic mass is 32.1. The molecule has 24 heavy (non-hydrogen) atoms. The molecular weight excluding hydrogens is 328 g/mol. The van der Waals surface area contributed by atoms with Gasteiger partial charge in [0.1, 0.15) is 5.01 Å². The number of carbonyl (C=O) groups excluding carboxylic acids is 1. The van der Waals surface area contributed by atoms with Crippen molar-refractivity contribution in [3.8, 4) is 10.6 Å². The summed E-state index contributed by atoms with van der Waals surface area (Å²) in [4.78, 5) is 22.8. The number of carbonyl (C=O) groups is 1. The van der Waals surface area contributed by atoms with Crippen LogP contribution in [0.25, 0.3) is 10.6 Å². The fourth-order valence-corrected chi connectivity index (χ4v) is 2.95. The van der Waals surface area contributed by atoms with Gasteiger partial charge in [0.05, 0.1) is 4.92 Å². The van der Waals surface area contributed by atoms with Crippen LogP contribution < -0.4 is 5.32 Å². The van der Waals surface area contributed by atoms with Gasteiger partial charge in [-0.25, -0.2) is 0 Å². The molecule has 0 radical (unpaired) electrons.